The molecule has 2 unspecified atom stereocenters. The highest BCUT2D eigenvalue weighted by atomic mass is 32.2. The van der Waals surface area contributed by atoms with E-state index < -0.39 is 54.6 Å². The van der Waals surface area contributed by atoms with Crippen LogP contribution in [0.15, 0.2) is 24.3 Å². The highest BCUT2D eigenvalue weighted by Gasteiger charge is 2.51. The number of hydrogen-bond donors (Lipinski definition) is 0. The van der Waals surface area contributed by atoms with Crippen molar-refractivity contribution in [1.29, 1.82) is 0 Å². The predicted molar refractivity (Wildman–Crippen MR) is 81.5 cm³/mol. The second-order valence-corrected chi connectivity index (χ2v) is 9.11. The van der Waals surface area contributed by atoms with Crippen LogP contribution in [-0.4, -0.2) is 27.9 Å². The zero-order chi connectivity index (χ0) is 21.1. The zero-order valence-electron chi connectivity index (χ0n) is 13.4. The number of alkyl halides is 6. The molecule has 2 bridgehead atoms. The lowest BCUT2D eigenvalue weighted by Crippen LogP contribution is -2.30. The molecule has 0 amide bonds. The molecule has 0 saturated carbocycles. The number of fused-ring (bicyclic) bond motifs is 1. The molecule has 28 heavy (non-hydrogen) atoms. The third-order valence-electron chi connectivity index (χ3n) is 4.28. The molecule has 3 aliphatic rings. The van der Waals surface area contributed by atoms with Gasteiger partial charge in [0.2, 0.25) is 0 Å². The van der Waals surface area contributed by atoms with E-state index in [0.29, 0.717) is 25.0 Å². The summed E-state index contributed by atoms with van der Waals surface area (Å²) in [5, 5.41) is 0. The molecule has 156 valence electrons. The highest BCUT2D eigenvalue weighted by Crippen LogP contribution is 2.53. The maximum Gasteiger partial charge on any atom is 0.534 e. The van der Waals surface area contributed by atoms with Crippen LogP contribution in [0.2, 0.25) is 0 Å². The molecule has 3 aliphatic carbocycles. The Hall–Kier alpha value is -1.96. The van der Waals surface area contributed by atoms with Crippen LogP contribution in [0, 0.1) is 0 Å². The molecule has 0 fully saturated rings. The number of halogens is 6. The quantitative estimate of drug-likeness (QED) is 0.300. The molecule has 2 atom stereocenters. The van der Waals surface area contributed by atoms with Gasteiger partial charge in [0.15, 0.2) is 0 Å². The molecule has 0 radical (unpaired) electrons. The lowest BCUT2D eigenvalue weighted by Gasteiger charge is -2.35. The van der Waals surface area contributed by atoms with Crippen molar-refractivity contribution in [1.82, 2.24) is 0 Å². The molecule has 0 aliphatic heterocycles. The summed E-state index contributed by atoms with van der Waals surface area (Å²) in [6, 6.07) is 1.27. The van der Waals surface area contributed by atoms with Crippen molar-refractivity contribution >= 4 is 20.2 Å². The van der Waals surface area contributed by atoms with Gasteiger partial charge in [-0.1, -0.05) is 12.2 Å². The van der Waals surface area contributed by atoms with E-state index in [-0.39, 0.29) is 11.1 Å². The normalized spacial score (nSPS) is 22.1. The van der Waals surface area contributed by atoms with Crippen LogP contribution >= 0.6 is 0 Å². The summed E-state index contributed by atoms with van der Waals surface area (Å²) in [7, 11) is -12.1. The Kier molecular flexibility index (Phi) is 4.65. The summed E-state index contributed by atoms with van der Waals surface area (Å²) >= 11 is 0. The van der Waals surface area contributed by atoms with Crippen LogP contribution in [0.25, 0.3) is 0 Å². The molecule has 1 aromatic carbocycles. The fourth-order valence-electron chi connectivity index (χ4n) is 3.14. The van der Waals surface area contributed by atoms with Gasteiger partial charge in [0.25, 0.3) is 0 Å². The Labute approximate surface area is 155 Å². The van der Waals surface area contributed by atoms with E-state index in [1.54, 1.807) is 0 Å². The van der Waals surface area contributed by atoms with Gasteiger partial charge < -0.3 is 8.37 Å². The summed E-state index contributed by atoms with van der Waals surface area (Å²) in [5.74, 6) is -2.84. The van der Waals surface area contributed by atoms with Gasteiger partial charge in [-0.3, -0.25) is 0 Å². The first-order valence-electron chi connectivity index (χ1n) is 7.50. The highest BCUT2D eigenvalue weighted by molar-refractivity contribution is 7.88. The first-order valence-corrected chi connectivity index (χ1v) is 10.3. The summed E-state index contributed by atoms with van der Waals surface area (Å²) in [4.78, 5) is 0. The van der Waals surface area contributed by atoms with E-state index in [1.807, 2.05) is 0 Å². The van der Waals surface area contributed by atoms with E-state index in [0.717, 1.165) is 0 Å². The molecule has 0 N–H and O–H groups in total. The number of benzene rings is 1. The van der Waals surface area contributed by atoms with Gasteiger partial charge in [0.1, 0.15) is 11.5 Å². The van der Waals surface area contributed by atoms with Crippen LogP contribution in [-0.2, 0) is 20.2 Å². The minimum atomic E-state index is -6.04. The molecule has 0 saturated heterocycles. The average Bonchev–Trinajstić information content (AvgIpc) is 2.55. The smallest absolute Gasteiger partial charge is 0.376 e. The Morgan fingerprint density at radius 1 is 0.714 bits per heavy atom. The van der Waals surface area contributed by atoms with E-state index >= 15 is 0 Å². The fourth-order valence-corrected chi connectivity index (χ4v) is 4.09. The summed E-state index contributed by atoms with van der Waals surface area (Å²) in [6.07, 6.45) is 3.77. The molecule has 14 heteroatoms. The maximum absolute atomic E-state index is 12.6. The number of rotatable bonds is 4. The van der Waals surface area contributed by atoms with Gasteiger partial charge in [-0.15, -0.1) is 0 Å². The first kappa shape index (κ1) is 20.8. The van der Waals surface area contributed by atoms with Crippen LogP contribution in [0.4, 0.5) is 26.3 Å². The Bertz CT molecular complexity index is 956. The first-order chi connectivity index (χ1) is 12.6. The Balaban J connectivity index is 2.12. The van der Waals surface area contributed by atoms with Crippen molar-refractivity contribution in [2.24, 2.45) is 0 Å². The van der Waals surface area contributed by atoms with Gasteiger partial charge in [-0.25, -0.2) is 0 Å². The molecule has 1 aromatic rings. The van der Waals surface area contributed by atoms with Gasteiger partial charge in [0, 0.05) is 23.0 Å². The Morgan fingerprint density at radius 2 is 1.04 bits per heavy atom. The third-order valence-corrected chi connectivity index (χ3v) is 6.21. The van der Waals surface area contributed by atoms with E-state index in [9.17, 15) is 43.2 Å². The van der Waals surface area contributed by atoms with E-state index in [2.05, 4.69) is 8.37 Å². The lowest BCUT2D eigenvalue weighted by molar-refractivity contribution is -0.0506. The number of allylic oxidation sites excluding steroid dienone is 2. The molecular weight excluding hydrogens is 442 g/mol. The van der Waals surface area contributed by atoms with E-state index in [1.165, 1.54) is 12.2 Å². The van der Waals surface area contributed by atoms with Crippen molar-refractivity contribution in [2.45, 2.75) is 35.7 Å². The van der Waals surface area contributed by atoms with Crippen molar-refractivity contribution in [3.63, 3.8) is 0 Å². The minimum Gasteiger partial charge on any atom is -0.376 e. The molecule has 4 rings (SSSR count). The van der Waals surface area contributed by atoms with Crippen molar-refractivity contribution in [3.8, 4) is 11.5 Å². The second-order valence-electron chi connectivity index (χ2n) is 6.03. The van der Waals surface area contributed by atoms with Gasteiger partial charge in [-0.05, 0) is 25.0 Å². The minimum absolute atomic E-state index is 0.151. The standard InChI is InChI=1S/C14H10F6O6S2/c15-13(16,17)27(21,22)25-9-5-6-10(26-28(23,24)14(18,19)20)12-8-2-1-7(3-4-8)11(9)12/h1-2,5-8H,3-4H2. The average molecular weight is 452 g/mol. The largest absolute Gasteiger partial charge is 0.534 e. The van der Waals surface area contributed by atoms with Gasteiger partial charge in [0.05, 0.1) is 0 Å². The van der Waals surface area contributed by atoms with Crippen molar-refractivity contribution in [2.75, 3.05) is 0 Å². The second kappa shape index (κ2) is 6.27. The topological polar surface area (TPSA) is 86.7 Å². The summed E-state index contributed by atoms with van der Waals surface area (Å²) < 4.78 is 129. The van der Waals surface area contributed by atoms with Crippen LogP contribution in [0.3, 0.4) is 0 Å². The van der Waals surface area contributed by atoms with Crippen LogP contribution in [0.1, 0.15) is 35.8 Å². The lowest BCUT2D eigenvalue weighted by atomic mass is 9.71. The fraction of sp³-hybridized carbons (Fsp3) is 0.429. The maximum atomic E-state index is 12.6. The van der Waals surface area contributed by atoms with Crippen molar-refractivity contribution < 1.29 is 51.5 Å². The number of hydrogen-bond acceptors (Lipinski definition) is 6. The third kappa shape index (κ3) is 3.43. The van der Waals surface area contributed by atoms with Gasteiger partial charge in [-0.2, -0.15) is 43.2 Å². The monoisotopic (exact) mass is 452 g/mol. The molecule has 0 spiro atoms. The van der Waals surface area contributed by atoms with Crippen LogP contribution in [0.5, 0.6) is 11.5 Å². The molecule has 0 aromatic heterocycles. The zero-order valence-corrected chi connectivity index (χ0v) is 15.0. The summed E-state index contributed by atoms with van der Waals surface area (Å²) in [5.41, 5.74) is -11.8. The molecule has 0 heterocycles. The summed E-state index contributed by atoms with van der Waals surface area (Å²) in [6.45, 7) is 0. The predicted octanol–water partition coefficient (Wildman–Crippen LogP) is 3.67. The molecular formula is C14H10F6O6S2. The van der Waals surface area contributed by atoms with Crippen LogP contribution < -0.4 is 8.37 Å². The van der Waals surface area contributed by atoms with E-state index in [4.69, 9.17) is 0 Å². The molecule has 6 nitrogen and oxygen atoms in total. The SMILES string of the molecule is O=S(=O)(Oc1ccc(OS(=O)(=O)C(F)(F)F)c2c1C1C=CC2CC1)C(F)(F)F. The van der Waals surface area contributed by atoms with Gasteiger partial charge >= 0.3 is 31.3 Å². The van der Waals surface area contributed by atoms with Crippen molar-refractivity contribution in [3.05, 3.63) is 35.4 Å². The Morgan fingerprint density at radius 3 is 1.29 bits per heavy atom.